The Bertz CT molecular complexity index is 138. The fourth-order valence-electron chi connectivity index (χ4n) is 1.13. The smallest absolute Gasteiger partial charge is 0.223 e. The first kappa shape index (κ1) is 11.8. The van der Waals surface area contributed by atoms with Gasteiger partial charge in [0.15, 0.2) is 0 Å². The van der Waals surface area contributed by atoms with Crippen molar-refractivity contribution in [1.29, 1.82) is 0 Å². The van der Waals surface area contributed by atoms with Crippen LogP contribution in [0, 0.1) is 0 Å². The highest BCUT2D eigenvalue weighted by atomic mass is 32.1. The Morgan fingerprint density at radius 2 is 2.17 bits per heavy atom. The molecule has 1 amide bonds. The molecule has 1 atom stereocenters. The first-order valence-corrected chi connectivity index (χ1v) is 5.13. The SMILES string of the molecule is CCCC(C)N(C)C(=O)CCS. The number of hydrogen-bond donors (Lipinski definition) is 1. The van der Waals surface area contributed by atoms with Crippen molar-refractivity contribution in [3.8, 4) is 0 Å². The van der Waals surface area contributed by atoms with E-state index < -0.39 is 0 Å². The molecule has 12 heavy (non-hydrogen) atoms. The van der Waals surface area contributed by atoms with E-state index in [0.717, 1.165) is 12.8 Å². The standard InChI is InChI=1S/C9H19NOS/c1-4-5-8(2)10(3)9(11)6-7-12/h8,12H,4-7H2,1-3H3. The van der Waals surface area contributed by atoms with Crippen molar-refractivity contribution in [1.82, 2.24) is 4.90 Å². The van der Waals surface area contributed by atoms with Crippen LogP contribution in [0.5, 0.6) is 0 Å². The van der Waals surface area contributed by atoms with Crippen LogP contribution < -0.4 is 0 Å². The van der Waals surface area contributed by atoms with Gasteiger partial charge in [-0.25, -0.2) is 0 Å². The third-order valence-corrected chi connectivity index (χ3v) is 2.31. The predicted octanol–water partition coefficient (Wildman–Crippen LogP) is 1.95. The maximum Gasteiger partial charge on any atom is 0.223 e. The van der Waals surface area contributed by atoms with E-state index >= 15 is 0 Å². The van der Waals surface area contributed by atoms with E-state index in [1.165, 1.54) is 0 Å². The molecule has 0 saturated carbocycles. The van der Waals surface area contributed by atoms with E-state index in [-0.39, 0.29) is 5.91 Å². The Labute approximate surface area is 80.7 Å². The van der Waals surface area contributed by atoms with Gasteiger partial charge in [0.1, 0.15) is 0 Å². The van der Waals surface area contributed by atoms with Gasteiger partial charge >= 0.3 is 0 Å². The van der Waals surface area contributed by atoms with Crippen LogP contribution in [0.2, 0.25) is 0 Å². The molecule has 0 aliphatic rings. The van der Waals surface area contributed by atoms with Gasteiger partial charge in [0.25, 0.3) is 0 Å². The molecule has 0 aromatic carbocycles. The Hall–Kier alpha value is -0.180. The quantitative estimate of drug-likeness (QED) is 0.655. The van der Waals surface area contributed by atoms with Gasteiger partial charge in [-0.3, -0.25) is 4.79 Å². The first-order valence-electron chi connectivity index (χ1n) is 4.50. The van der Waals surface area contributed by atoms with E-state index in [2.05, 4.69) is 26.5 Å². The van der Waals surface area contributed by atoms with Gasteiger partial charge in [-0.2, -0.15) is 12.6 Å². The summed E-state index contributed by atoms with van der Waals surface area (Å²) in [5.74, 6) is 0.841. The van der Waals surface area contributed by atoms with Gasteiger partial charge in [0.2, 0.25) is 5.91 Å². The normalized spacial score (nSPS) is 12.7. The van der Waals surface area contributed by atoms with Crippen LogP contribution in [0.15, 0.2) is 0 Å². The lowest BCUT2D eigenvalue weighted by Crippen LogP contribution is -2.34. The number of carbonyl (C=O) groups is 1. The van der Waals surface area contributed by atoms with Gasteiger partial charge in [0, 0.05) is 19.5 Å². The zero-order valence-electron chi connectivity index (χ0n) is 8.21. The van der Waals surface area contributed by atoms with Crippen molar-refractivity contribution in [2.24, 2.45) is 0 Å². The predicted molar refractivity (Wildman–Crippen MR) is 55.6 cm³/mol. The van der Waals surface area contributed by atoms with E-state index in [4.69, 9.17) is 0 Å². The van der Waals surface area contributed by atoms with Gasteiger partial charge < -0.3 is 4.90 Å². The average Bonchev–Trinajstić information content (AvgIpc) is 2.04. The van der Waals surface area contributed by atoms with Crippen LogP contribution in [0.4, 0.5) is 0 Å². The number of hydrogen-bond acceptors (Lipinski definition) is 2. The van der Waals surface area contributed by atoms with E-state index in [9.17, 15) is 4.79 Å². The highest BCUT2D eigenvalue weighted by Gasteiger charge is 2.13. The molecule has 72 valence electrons. The fourth-order valence-corrected chi connectivity index (χ4v) is 1.32. The Balaban J connectivity index is 3.82. The Kier molecular flexibility index (Phi) is 6.25. The van der Waals surface area contributed by atoms with Gasteiger partial charge in [-0.15, -0.1) is 0 Å². The third-order valence-electron chi connectivity index (χ3n) is 2.09. The summed E-state index contributed by atoms with van der Waals surface area (Å²) in [5, 5.41) is 0. The second kappa shape index (κ2) is 6.35. The molecule has 1 unspecified atom stereocenters. The third kappa shape index (κ3) is 4.00. The topological polar surface area (TPSA) is 20.3 Å². The summed E-state index contributed by atoms with van der Waals surface area (Å²) in [5.41, 5.74) is 0. The van der Waals surface area contributed by atoms with Crippen LogP contribution in [0.25, 0.3) is 0 Å². The van der Waals surface area contributed by atoms with E-state index in [1.807, 2.05) is 11.9 Å². The number of nitrogens with zero attached hydrogens (tertiary/aromatic N) is 1. The molecular formula is C9H19NOS. The lowest BCUT2D eigenvalue weighted by molar-refractivity contribution is -0.131. The molecule has 2 nitrogen and oxygen atoms in total. The maximum atomic E-state index is 11.3. The van der Waals surface area contributed by atoms with Crippen LogP contribution in [0.3, 0.4) is 0 Å². The largest absolute Gasteiger partial charge is 0.343 e. The molecular weight excluding hydrogens is 170 g/mol. The molecule has 0 aliphatic heterocycles. The second-order valence-electron chi connectivity index (χ2n) is 3.12. The molecule has 0 spiro atoms. The summed E-state index contributed by atoms with van der Waals surface area (Å²) in [6, 6.07) is 0.363. The molecule has 0 radical (unpaired) electrons. The van der Waals surface area contributed by atoms with Gasteiger partial charge in [-0.1, -0.05) is 13.3 Å². The minimum absolute atomic E-state index is 0.200. The highest BCUT2D eigenvalue weighted by Crippen LogP contribution is 2.05. The minimum Gasteiger partial charge on any atom is -0.343 e. The zero-order valence-corrected chi connectivity index (χ0v) is 9.10. The lowest BCUT2D eigenvalue weighted by atomic mass is 10.1. The Morgan fingerprint density at radius 1 is 1.58 bits per heavy atom. The van der Waals surface area contributed by atoms with E-state index in [0.29, 0.717) is 18.2 Å². The van der Waals surface area contributed by atoms with Crippen molar-refractivity contribution in [2.45, 2.75) is 39.2 Å². The number of carbonyl (C=O) groups excluding carboxylic acids is 1. The summed E-state index contributed by atoms with van der Waals surface area (Å²) in [6.07, 6.45) is 2.75. The average molecular weight is 189 g/mol. The summed E-state index contributed by atoms with van der Waals surface area (Å²) < 4.78 is 0. The zero-order chi connectivity index (χ0) is 9.56. The monoisotopic (exact) mass is 189 g/mol. The number of rotatable bonds is 5. The van der Waals surface area contributed by atoms with Gasteiger partial charge in [-0.05, 0) is 19.1 Å². The van der Waals surface area contributed by atoms with Crippen molar-refractivity contribution in [3.63, 3.8) is 0 Å². The highest BCUT2D eigenvalue weighted by molar-refractivity contribution is 7.80. The first-order chi connectivity index (χ1) is 5.63. The molecule has 0 saturated heterocycles. The van der Waals surface area contributed by atoms with E-state index in [1.54, 1.807) is 0 Å². The summed E-state index contributed by atoms with van der Waals surface area (Å²) in [7, 11) is 1.87. The number of amides is 1. The molecule has 0 heterocycles. The summed E-state index contributed by atoms with van der Waals surface area (Å²) in [6.45, 7) is 4.22. The van der Waals surface area contributed by atoms with Crippen LogP contribution in [-0.4, -0.2) is 29.6 Å². The van der Waals surface area contributed by atoms with Crippen LogP contribution in [0.1, 0.15) is 33.1 Å². The molecule has 0 aromatic rings. The Morgan fingerprint density at radius 3 is 2.58 bits per heavy atom. The van der Waals surface area contributed by atoms with Crippen LogP contribution >= 0.6 is 12.6 Å². The van der Waals surface area contributed by atoms with Gasteiger partial charge in [0.05, 0.1) is 0 Å². The van der Waals surface area contributed by atoms with Crippen molar-refractivity contribution >= 4 is 18.5 Å². The van der Waals surface area contributed by atoms with Crippen molar-refractivity contribution in [2.75, 3.05) is 12.8 Å². The van der Waals surface area contributed by atoms with Crippen molar-refractivity contribution < 1.29 is 4.79 Å². The molecule has 0 N–H and O–H groups in total. The molecule has 0 bridgehead atoms. The lowest BCUT2D eigenvalue weighted by Gasteiger charge is -2.24. The molecule has 0 rings (SSSR count). The molecule has 0 aliphatic carbocycles. The van der Waals surface area contributed by atoms with Crippen molar-refractivity contribution in [3.05, 3.63) is 0 Å². The summed E-state index contributed by atoms with van der Waals surface area (Å²) >= 11 is 4.03. The molecule has 0 fully saturated rings. The minimum atomic E-state index is 0.200. The van der Waals surface area contributed by atoms with Crippen LogP contribution in [-0.2, 0) is 4.79 Å². The molecule has 3 heteroatoms. The fraction of sp³-hybridized carbons (Fsp3) is 0.889. The summed E-state index contributed by atoms with van der Waals surface area (Å²) in [4.78, 5) is 13.2. The number of thiol groups is 1. The maximum absolute atomic E-state index is 11.3. The second-order valence-corrected chi connectivity index (χ2v) is 3.56. The molecule has 0 aromatic heterocycles.